The second-order valence-corrected chi connectivity index (χ2v) is 4.04. The highest BCUT2D eigenvalue weighted by molar-refractivity contribution is 6.29. The number of imidazole rings is 1. The van der Waals surface area contributed by atoms with Gasteiger partial charge in [-0.25, -0.2) is 9.50 Å². The minimum absolute atomic E-state index is 0.354. The number of halogens is 1. The predicted octanol–water partition coefficient (Wildman–Crippen LogP) is 2.45. The Morgan fingerprint density at radius 1 is 1.28 bits per heavy atom. The van der Waals surface area contributed by atoms with Crippen LogP contribution < -0.4 is 4.74 Å². The normalized spacial score (nSPS) is 10.8. The van der Waals surface area contributed by atoms with Crippen LogP contribution in [0, 0.1) is 0 Å². The van der Waals surface area contributed by atoms with Gasteiger partial charge in [-0.15, -0.1) is 0 Å². The summed E-state index contributed by atoms with van der Waals surface area (Å²) in [5.74, 6) is 0.593. The van der Waals surface area contributed by atoms with Crippen molar-refractivity contribution in [3.8, 4) is 17.0 Å². The van der Waals surface area contributed by atoms with Crippen LogP contribution in [0.5, 0.6) is 5.75 Å². The van der Waals surface area contributed by atoms with Crippen molar-refractivity contribution in [2.75, 3.05) is 7.11 Å². The summed E-state index contributed by atoms with van der Waals surface area (Å²) in [6.45, 7) is 0. The molecule has 0 atom stereocenters. The summed E-state index contributed by atoms with van der Waals surface area (Å²) in [6.07, 6.45) is 5.17. The first-order valence-electron chi connectivity index (χ1n) is 5.28. The molecule has 0 saturated heterocycles. The summed E-state index contributed by atoms with van der Waals surface area (Å²) < 4.78 is 6.90. The van der Waals surface area contributed by atoms with E-state index < -0.39 is 0 Å². The number of pyridine rings is 1. The highest BCUT2D eigenvalue weighted by atomic mass is 35.5. The summed E-state index contributed by atoms with van der Waals surface area (Å²) in [6, 6.07) is 5.41. The fourth-order valence-electron chi connectivity index (χ4n) is 1.78. The maximum absolute atomic E-state index is 5.97. The molecule has 0 N–H and O–H groups in total. The van der Waals surface area contributed by atoms with E-state index in [1.807, 2.05) is 12.1 Å². The Bertz CT molecular complexity index is 696. The Balaban J connectivity index is 2.30. The van der Waals surface area contributed by atoms with Crippen LogP contribution in [0.25, 0.3) is 16.9 Å². The van der Waals surface area contributed by atoms with Crippen LogP contribution in [0.1, 0.15) is 0 Å². The molecule has 0 fully saturated rings. The quantitative estimate of drug-likeness (QED) is 0.710. The molecule has 0 aliphatic rings. The first kappa shape index (κ1) is 11.0. The van der Waals surface area contributed by atoms with Crippen LogP contribution in [0.3, 0.4) is 0 Å². The van der Waals surface area contributed by atoms with Crippen molar-refractivity contribution in [2.24, 2.45) is 0 Å². The number of rotatable bonds is 2. The smallest absolute Gasteiger partial charge is 0.197 e. The standard InChI is InChI=1S/C12H9ClN4O/c1-18-10-6-11(13)16-17-9(7-15-12(10)17)8-2-4-14-5-3-8/h2-7H,1H3. The van der Waals surface area contributed by atoms with E-state index in [-0.39, 0.29) is 0 Å². The molecule has 3 aromatic heterocycles. The third-order valence-electron chi connectivity index (χ3n) is 2.60. The Morgan fingerprint density at radius 2 is 2.06 bits per heavy atom. The van der Waals surface area contributed by atoms with Crippen LogP contribution in [0.2, 0.25) is 5.15 Å². The Labute approximate surface area is 108 Å². The lowest BCUT2D eigenvalue weighted by Gasteiger charge is -2.04. The molecule has 0 amide bonds. The topological polar surface area (TPSA) is 52.3 Å². The van der Waals surface area contributed by atoms with Crippen molar-refractivity contribution in [3.05, 3.63) is 41.9 Å². The van der Waals surface area contributed by atoms with Crippen molar-refractivity contribution in [1.29, 1.82) is 0 Å². The average molecular weight is 261 g/mol. The lowest BCUT2D eigenvalue weighted by atomic mass is 10.2. The van der Waals surface area contributed by atoms with Crippen LogP contribution in [-0.4, -0.2) is 26.7 Å². The van der Waals surface area contributed by atoms with Crippen LogP contribution in [-0.2, 0) is 0 Å². The van der Waals surface area contributed by atoms with Gasteiger partial charge in [-0.1, -0.05) is 11.6 Å². The lowest BCUT2D eigenvalue weighted by molar-refractivity contribution is 0.415. The van der Waals surface area contributed by atoms with Gasteiger partial charge in [-0.2, -0.15) is 5.10 Å². The third-order valence-corrected chi connectivity index (χ3v) is 2.78. The number of ether oxygens (including phenoxy) is 1. The molecule has 3 aromatic rings. The molecular weight excluding hydrogens is 252 g/mol. The lowest BCUT2D eigenvalue weighted by Crippen LogP contribution is -1.97. The zero-order valence-corrected chi connectivity index (χ0v) is 10.3. The van der Waals surface area contributed by atoms with E-state index in [2.05, 4.69) is 15.1 Å². The van der Waals surface area contributed by atoms with Gasteiger partial charge in [0, 0.05) is 24.0 Å². The Hall–Kier alpha value is -2.14. The van der Waals surface area contributed by atoms with E-state index in [1.54, 1.807) is 36.3 Å². The summed E-state index contributed by atoms with van der Waals surface area (Å²) in [4.78, 5) is 8.29. The summed E-state index contributed by atoms with van der Waals surface area (Å²) in [7, 11) is 1.58. The number of aromatic nitrogens is 4. The molecule has 0 aromatic carbocycles. The molecular formula is C12H9ClN4O. The molecule has 0 radical (unpaired) electrons. The molecule has 90 valence electrons. The molecule has 0 bridgehead atoms. The van der Waals surface area contributed by atoms with E-state index in [9.17, 15) is 0 Å². The van der Waals surface area contributed by atoms with Crippen molar-refractivity contribution in [3.63, 3.8) is 0 Å². The fraction of sp³-hybridized carbons (Fsp3) is 0.0833. The average Bonchev–Trinajstić information content (AvgIpc) is 2.82. The van der Waals surface area contributed by atoms with E-state index in [0.29, 0.717) is 16.5 Å². The molecule has 0 aliphatic heterocycles. The molecule has 0 spiro atoms. The first-order valence-corrected chi connectivity index (χ1v) is 5.66. The van der Waals surface area contributed by atoms with Gasteiger partial charge in [0.25, 0.3) is 0 Å². The molecule has 0 saturated carbocycles. The zero-order valence-electron chi connectivity index (χ0n) is 9.54. The highest BCUT2D eigenvalue weighted by Crippen LogP contribution is 2.26. The fourth-order valence-corrected chi connectivity index (χ4v) is 1.96. The maximum Gasteiger partial charge on any atom is 0.197 e. The van der Waals surface area contributed by atoms with Gasteiger partial charge in [-0.3, -0.25) is 4.98 Å². The molecule has 0 unspecified atom stereocenters. The first-order chi connectivity index (χ1) is 8.79. The number of hydrogen-bond acceptors (Lipinski definition) is 4. The Morgan fingerprint density at radius 3 is 2.78 bits per heavy atom. The maximum atomic E-state index is 5.97. The second-order valence-electron chi connectivity index (χ2n) is 3.65. The summed E-state index contributed by atoms with van der Waals surface area (Å²) in [5, 5.41) is 4.59. The molecule has 6 heteroatoms. The van der Waals surface area contributed by atoms with Gasteiger partial charge in [0.05, 0.1) is 19.0 Å². The third kappa shape index (κ3) is 1.69. The van der Waals surface area contributed by atoms with E-state index in [1.165, 1.54) is 0 Å². The van der Waals surface area contributed by atoms with Gasteiger partial charge in [0.2, 0.25) is 0 Å². The van der Waals surface area contributed by atoms with Crippen LogP contribution in [0.4, 0.5) is 0 Å². The van der Waals surface area contributed by atoms with E-state index in [4.69, 9.17) is 16.3 Å². The van der Waals surface area contributed by atoms with E-state index >= 15 is 0 Å². The second kappa shape index (κ2) is 4.27. The molecule has 3 rings (SSSR count). The minimum atomic E-state index is 0.354. The minimum Gasteiger partial charge on any atom is -0.493 e. The van der Waals surface area contributed by atoms with E-state index in [0.717, 1.165) is 11.3 Å². The highest BCUT2D eigenvalue weighted by Gasteiger charge is 2.12. The van der Waals surface area contributed by atoms with Crippen molar-refractivity contribution in [1.82, 2.24) is 19.6 Å². The largest absolute Gasteiger partial charge is 0.493 e. The molecule has 3 heterocycles. The summed E-state index contributed by atoms with van der Waals surface area (Å²) >= 11 is 5.97. The number of fused-ring (bicyclic) bond motifs is 1. The number of nitrogens with zero attached hydrogens (tertiary/aromatic N) is 4. The van der Waals surface area contributed by atoms with Gasteiger partial charge < -0.3 is 4.74 Å². The predicted molar refractivity (Wildman–Crippen MR) is 67.8 cm³/mol. The number of methoxy groups -OCH3 is 1. The van der Waals surface area contributed by atoms with Crippen molar-refractivity contribution in [2.45, 2.75) is 0 Å². The number of hydrogen-bond donors (Lipinski definition) is 0. The van der Waals surface area contributed by atoms with Crippen LogP contribution >= 0.6 is 11.6 Å². The van der Waals surface area contributed by atoms with Gasteiger partial charge in [0.15, 0.2) is 16.5 Å². The monoisotopic (exact) mass is 260 g/mol. The van der Waals surface area contributed by atoms with Crippen molar-refractivity contribution >= 4 is 17.2 Å². The zero-order chi connectivity index (χ0) is 12.5. The summed E-state index contributed by atoms with van der Waals surface area (Å²) in [5.41, 5.74) is 2.44. The van der Waals surface area contributed by atoms with Gasteiger partial charge in [-0.05, 0) is 12.1 Å². The van der Waals surface area contributed by atoms with Crippen LogP contribution in [0.15, 0.2) is 36.8 Å². The molecule has 18 heavy (non-hydrogen) atoms. The van der Waals surface area contributed by atoms with Crippen molar-refractivity contribution < 1.29 is 4.74 Å². The SMILES string of the molecule is COc1cc(Cl)nn2c(-c3ccncc3)cnc12. The van der Waals surface area contributed by atoms with Gasteiger partial charge >= 0.3 is 0 Å². The molecule has 0 aliphatic carbocycles. The Kier molecular flexibility index (Phi) is 2.60. The molecule has 5 nitrogen and oxygen atoms in total. The van der Waals surface area contributed by atoms with Gasteiger partial charge in [0.1, 0.15) is 0 Å².